The zero-order chi connectivity index (χ0) is 12.1. The zero-order valence-electron chi connectivity index (χ0n) is 9.93. The van der Waals surface area contributed by atoms with Gasteiger partial charge in [0.2, 0.25) is 0 Å². The first-order valence-corrected chi connectivity index (χ1v) is 5.64. The highest BCUT2D eigenvalue weighted by atomic mass is 14.6. The number of fused-ring (bicyclic) bond motifs is 1. The number of hydrogen-bond donors (Lipinski definition) is 0. The molecule has 0 saturated heterocycles. The van der Waals surface area contributed by atoms with E-state index in [9.17, 15) is 0 Å². The summed E-state index contributed by atoms with van der Waals surface area (Å²) in [7, 11) is 0. The maximum atomic E-state index is 4.33. The van der Waals surface area contributed by atoms with Gasteiger partial charge in [-0.25, -0.2) is 0 Å². The Labute approximate surface area is 102 Å². The number of rotatable bonds is 3. The van der Waals surface area contributed by atoms with Crippen LogP contribution in [0.1, 0.15) is 12.5 Å². The smallest absolute Gasteiger partial charge is 0.0707 e. The number of allylic oxidation sites excluding steroid dienone is 4. The Morgan fingerprint density at radius 1 is 1.18 bits per heavy atom. The van der Waals surface area contributed by atoms with E-state index < -0.39 is 0 Å². The van der Waals surface area contributed by atoms with E-state index in [0.717, 1.165) is 11.1 Å². The minimum atomic E-state index is 0.994. The second kappa shape index (κ2) is 5.26. The molecule has 1 aromatic carbocycles. The summed E-state index contributed by atoms with van der Waals surface area (Å²) >= 11 is 0. The van der Waals surface area contributed by atoms with Crippen LogP contribution in [0.25, 0.3) is 17.0 Å². The summed E-state index contributed by atoms with van der Waals surface area (Å²) in [6.45, 7) is 5.94. The minimum absolute atomic E-state index is 0.994. The van der Waals surface area contributed by atoms with Crippen molar-refractivity contribution < 1.29 is 0 Å². The molecule has 0 aliphatic heterocycles. The van der Waals surface area contributed by atoms with Gasteiger partial charge in [-0.15, -0.1) is 0 Å². The molecular weight excluding hydrogens is 206 g/mol. The molecule has 0 atom stereocenters. The van der Waals surface area contributed by atoms with E-state index in [4.69, 9.17) is 0 Å². The van der Waals surface area contributed by atoms with Gasteiger partial charge in [0.05, 0.1) is 5.52 Å². The number of benzene rings is 1. The molecule has 0 saturated carbocycles. The summed E-state index contributed by atoms with van der Waals surface area (Å²) in [5, 5.41) is 1.17. The monoisotopic (exact) mass is 221 g/mol. The summed E-state index contributed by atoms with van der Waals surface area (Å²) in [5.41, 5.74) is 3.18. The Hall–Kier alpha value is -2.15. The molecular formula is C16H15N. The van der Waals surface area contributed by atoms with Gasteiger partial charge in [-0.3, -0.25) is 4.98 Å². The molecule has 2 rings (SSSR count). The third-order valence-corrected chi connectivity index (χ3v) is 2.54. The summed E-state index contributed by atoms with van der Waals surface area (Å²) in [6, 6.07) is 10.2. The molecule has 0 aliphatic carbocycles. The largest absolute Gasteiger partial charge is 0.256 e. The summed E-state index contributed by atoms with van der Waals surface area (Å²) in [4.78, 5) is 4.33. The van der Waals surface area contributed by atoms with Crippen LogP contribution in [0.2, 0.25) is 0 Å². The molecule has 0 N–H and O–H groups in total. The first-order valence-electron chi connectivity index (χ1n) is 5.64. The molecule has 1 nitrogen and oxygen atoms in total. The molecule has 1 heterocycles. The lowest BCUT2D eigenvalue weighted by Gasteiger charge is -2.00. The van der Waals surface area contributed by atoms with Crippen LogP contribution in [0.3, 0.4) is 0 Å². The third-order valence-electron chi connectivity index (χ3n) is 2.54. The van der Waals surface area contributed by atoms with Gasteiger partial charge in [-0.1, -0.05) is 49.1 Å². The van der Waals surface area contributed by atoms with Crippen LogP contribution >= 0.6 is 0 Å². The molecule has 1 heteroatoms. The number of aromatic nitrogens is 1. The number of pyridine rings is 1. The van der Waals surface area contributed by atoms with Gasteiger partial charge in [0.15, 0.2) is 0 Å². The number of hydrogen-bond acceptors (Lipinski definition) is 1. The van der Waals surface area contributed by atoms with Crippen molar-refractivity contribution >= 4 is 17.0 Å². The van der Waals surface area contributed by atoms with Crippen molar-refractivity contribution in [1.29, 1.82) is 0 Å². The topological polar surface area (TPSA) is 12.9 Å². The minimum Gasteiger partial charge on any atom is -0.256 e. The normalized spacial score (nSPS) is 11.6. The Balaban J connectivity index is 2.39. The van der Waals surface area contributed by atoms with E-state index in [1.807, 2.05) is 55.6 Å². The van der Waals surface area contributed by atoms with Gasteiger partial charge in [-0.05, 0) is 30.2 Å². The van der Waals surface area contributed by atoms with E-state index in [0.29, 0.717) is 0 Å². The quantitative estimate of drug-likeness (QED) is 0.701. The van der Waals surface area contributed by atoms with E-state index in [1.54, 1.807) is 0 Å². The van der Waals surface area contributed by atoms with Crippen LogP contribution in [0.4, 0.5) is 0 Å². The lowest BCUT2D eigenvalue weighted by molar-refractivity contribution is 1.41. The van der Waals surface area contributed by atoms with Crippen LogP contribution < -0.4 is 0 Å². The summed E-state index contributed by atoms with van der Waals surface area (Å²) < 4.78 is 0. The van der Waals surface area contributed by atoms with E-state index >= 15 is 0 Å². The van der Waals surface area contributed by atoms with Gasteiger partial charge >= 0.3 is 0 Å². The van der Waals surface area contributed by atoms with Crippen LogP contribution in [-0.2, 0) is 0 Å². The maximum absolute atomic E-state index is 4.33. The van der Waals surface area contributed by atoms with Crippen molar-refractivity contribution in [2.75, 3.05) is 0 Å². The molecule has 17 heavy (non-hydrogen) atoms. The highest BCUT2D eigenvalue weighted by molar-refractivity contribution is 5.87. The maximum Gasteiger partial charge on any atom is 0.0707 e. The van der Waals surface area contributed by atoms with Crippen molar-refractivity contribution in [2.24, 2.45) is 0 Å². The summed E-state index contributed by atoms with van der Waals surface area (Å²) in [6.07, 6.45) is 9.89. The van der Waals surface area contributed by atoms with E-state index in [2.05, 4.69) is 23.7 Å². The standard InChI is InChI=1S/C16H15N/c1-3-6-13(2)9-10-14-11-12-17-16-8-5-4-7-15(14)16/h3-12H,2H2,1H3/b6-3-,10-9+. The molecule has 2 aromatic rings. The van der Waals surface area contributed by atoms with Crippen molar-refractivity contribution in [1.82, 2.24) is 4.98 Å². The molecule has 0 unspecified atom stereocenters. The average Bonchev–Trinajstić information content (AvgIpc) is 2.36. The van der Waals surface area contributed by atoms with Crippen LogP contribution in [-0.4, -0.2) is 4.98 Å². The molecule has 0 fully saturated rings. The van der Waals surface area contributed by atoms with E-state index in [1.165, 1.54) is 10.9 Å². The number of nitrogens with zero attached hydrogens (tertiary/aromatic N) is 1. The van der Waals surface area contributed by atoms with Gasteiger partial charge in [0.25, 0.3) is 0 Å². The molecule has 0 aliphatic rings. The fraction of sp³-hybridized carbons (Fsp3) is 0.0625. The summed E-state index contributed by atoms with van der Waals surface area (Å²) in [5.74, 6) is 0. The van der Waals surface area contributed by atoms with Crippen molar-refractivity contribution in [3.63, 3.8) is 0 Å². The molecule has 0 bridgehead atoms. The molecule has 0 spiro atoms. The second-order valence-electron chi connectivity index (χ2n) is 3.83. The number of para-hydroxylation sites is 1. The van der Waals surface area contributed by atoms with Crippen molar-refractivity contribution in [3.8, 4) is 0 Å². The van der Waals surface area contributed by atoms with Crippen LogP contribution in [0.15, 0.2) is 66.9 Å². The Bertz CT molecular complexity index is 586. The van der Waals surface area contributed by atoms with Crippen molar-refractivity contribution in [2.45, 2.75) is 6.92 Å². The van der Waals surface area contributed by atoms with Crippen LogP contribution in [0.5, 0.6) is 0 Å². The third kappa shape index (κ3) is 2.70. The lowest BCUT2D eigenvalue weighted by atomic mass is 10.1. The molecule has 84 valence electrons. The fourth-order valence-electron chi connectivity index (χ4n) is 1.73. The molecule has 0 amide bonds. The lowest BCUT2D eigenvalue weighted by Crippen LogP contribution is -1.81. The van der Waals surface area contributed by atoms with Crippen molar-refractivity contribution in [3.05, 3.63) is 72.5 Å². The molecule has 0 radical (unpaired) electrons. The van der Waals surface area contributed by atoms with Gasteiger partial charge in [-0.2, -0.15) is 0 Å². The highest BCUT2D eigenvalue weighted by Crippen LogP contribution is 2.17. The Morgan fingerprint density at radius 2 is 2.00 bits per heavy atom. The zero-order valence-corrected chi connectivity index (χ0v) is 9.93. The fourth-order valence-corrected chi connectivity index (χ4v) is 1.73. The van der Waals surface area contributed by atoms with Crippen LogP contribution in [0, 0.1) is 0 Å². The SMILES string of the molecule is C=C(/C=C\C)/C=C/c1ccnc2ccccc12. The van der Waals surface area contributed by atoms with Gasteiger partial charge in [0.1, 0.15) is 0 Å². The van der Waals surface area contributed by atoms with E-state index in [-0.39, 0.29) is 0 Å². The Morgan fingerprint density at radius 3 is 2.82 bits per heavy atom. The predicted molar refractivity (Wildman–Crippen MR) is 74.7 cm³/mol. The first-order chi connectivity index (χ1) is 8.31. The average molecular weight is 221 g/mol. The Kier molecular flexibility index (Phi) is 3.51. The molecule has 1 aromatic heterocycles. The highest BCUT2D eigenvalue weighted by Gasteiger charge is 1.96. The second-order valence-corrected chi connectivity index (χ2v) is 3.83. The predicted octanol–water partition coefficient (Wildman–Crippen LogP) is 4.38. The van der Waals surface area contributed by atoms with Gasteiger partial charge in [0, 0.05) is 11.6 Å². The first kappa shape index (κ1) is 11.3. The van der Waals surface area contributed by atoms with Gasteiger partial charge < -0.3 is 0 Å².